The molecular formula is C22H34N2O2. The van der Waals surface area contributed by atoms with Crippen molar-refractivity contribution in [2.24, 2.45) is 0 Å². The molecule has 3 rings (SSSR count). The van der Waals surface area contributed by atoms with Gasteiger partial charge >= 0.3 is 0 Å². The Morgan fingerprint density at radius 2 is 1.85 bits per heavy atom. The van der Waals surface area contributed by atoms with Crippen molar-refractivity contribution in [2.75, 3.05) is 0 Å². The number of carbonyl (C=O) groups is 1. The lowest BCUT2D eigenvalue weighted by Gasteiger charge is -2.46. The number of nitrogens with one attached hydrogen (secondary N) is 2. The number of ether oxygens (including phenoxy) is 1. The molecule has 1 aromatic rings. The third-order valence-electron chi connectivity index (χ3n) is 5.55. The number of carbonyl (C=O) groups excluding carboxylic acids is 1. The number of aryl methyl sites for hydroxylation is 2. The van der Waals surface area contributed by atoms with Gasteiger partial charge in [0.25, 0.3) is 5.91 Å². The maximum atomic E-state index is 12.8. The highest BCUT2D eigenvalue weighted by atomic mass is 16.5. The lowest BCUT2D eigenvalue weighted by atomic mass is 9.79. The van der Waals surface area contributed by atoms with Crippen molar-refractivity contribution in [3.8, 4) is 5.75 Å². The first-order valence-corrected chi connectivity index (χ1v) is 10.1. The summed E-state index contributed by atoms with van der Waals surface area (Å²) >= 11 is 0. The van der Waals surface area contributed by atoms with E-state index in [0.717, 1.165) is 31.4 Å². The Morgan fingerprint density at radius 1 is 1.19 bits per heavy atom. The number of amides is 1. The van der Waals surface area contributed by atoms with Crippen LogP contribution < -0.4 is 15.4 Å². The Labute approximate surface area is 158 Å². The summed E-state index contributed by atoms with van der Waals surface area (Å²) in [6, 6.07) is 6.46. The smallest absolute Gasteiger partial charge is 0.261 e. The zero-order valence-corrected chi connectivity index (χ0v) is 16.9. The quantitative estimate of drug-likeness (QED) is 0.843. The molecule has 2 N–H and O–H groups in total. The Hall–Kier alpha value is -1.55. The molecule has 1 aliphatic carbocycles. The molecule has 1 saturated heterocycles. The monoisotopic (exact) mass is 358 g/mol. The highest BCUT2D eigenvalue weighted by Gasteiger charge is 2.38. The van der Waals surface area contributed by atoms with Gasteiger partial charge in [-0.3, -0.25) is 4.79 Å². The van der Waals surface area contributed by atoms with Gasteiger partial charge in [0.1, 0.15) is 5.75 Å². The van der Waals surface area contributed by atoms with Crippen molar-refractivity contribution in [1.82, 2.24) is 10.6 Å². The predicted molar refractivity (Wildman–Crippen MR) is 106 cm³/mol. The van der Waals surface area contributed by atoms with Crippen LogP contribution in [0.15, 0.2) is 18.2 Å². The van der Waals surface area contributed by atoms with Crippen LogP contribution in [0.1, 0.15) is 71.4 Å². The lowest BCUT2D eigenvalue weighted by Crippen LogP contribution is -2.62. The summed E-state index contributed by atoms with van der Waals surface area (Å²) in [6.07, 6.45) is 5.59. The summed E-state index contributed by atoms with van der Waals surface area (Å²) in [6.45, 7) is 10.8. The Kier molecular flexibility index (Phi) is 5.34. The van der Waals surface area contributed by atoms with Crippen LogP contribution in [0, 0.1) is 0 Å². The molecule has 1 amide bonds. The minimum Gasteiger partial charge on any atom is -0.481 e. The predicted octanol–water partition coefficient (Wildman–Crippen LogP) is 3.76. The van der Waals surface area contributed by atoms with E-state index < -0.39 is 6.10 Å². The van der Waals surface area contributed by atoms with Crippen LogP contribution in [0.25, 0.3) is 0 Å². The number of fused-ring (bicyclic) bond motifs is 1. The first kappa shape index (κ1) is 19.2. The van der Waals surface area contributed by atoms with E-state index >= 15 is 0 Å². The molecule has 0 radical (unpaired) electrons. The zero-order valence-electron chi connectivity index (χ0n) is 16.9. The molecule has 0 bridgehead atoms. The number of hydrogen-bond donors (Lipinski definition) is 2. The summed E-state index contributed by atoms with van der Waals surface area (Å²) < 4.78 is 6.07. The lowest BCUT2D eigenvalue weighted by molar-refractivity contribution is -0.129. The van der Waals surface area contributed by atoms with Gasteiger partial charge in [-0.05, 0) is 89.5 Å². The molecule has 1 unspecified atom stereocenters. The van der Waals surface area contributed by atoms with Gasteiger partial charge < -0.3 is 15.4 Å². The van der Waals surface area contributed by atoms with E-state index in [0.29, 0.717) is 6.42 Å². The molecule has 0 spiro atoms. The van der Waals surface area contributed by atoms with Gasteiger partial charge in [-0.15, -0.1) is 0 Å². The number of hydrogen-bond acceptors (Lipinski definition) is 3. The molecule has 1 heterocycles. The Morgan fingerprint density at radius 3 is 2.50 bits per heavy atom. The zero-order chi connectivity index (χ0) is 18.9. The van der Waals surface area contributed by atoms with Crippen LogP contribution in [0.2, 0.25) is 0 Å². The molecule has 26 heavy (non-hydrogen) atoms. The fraction of sp³-hybridized carbons (Fsp3) is 0.682. The van der Waals surface area contributed by atoms with Gasteiger partial charge in [0.2, 0.25) is 0 Å². The van der Waals surface area contributed by atoms with E-state index in [-0.39, 0.29) is 23.0 Å². The summed E-state index contributed by atoms with van der Waals surface area (Å²) in [7, 11) is 0. The molecule has 2 aliphatic rings. The third kappa shape index (κ3) is 4.59. The van der Waals surface area contributed by atoms with Crippen LogP contribution in [0.4, 0.5) is 0 Å². The van der Waals surface area contributed by atoms with Crippen LogP contribution in [-0.2, 0) is 17.6 Å². The van der Waals surface area contributed by atoms with Crippen molar-refractivity contribution < 1.29 is 9.53 Å². The van der Waals surface area contributed by atoms with E-state index in [1.165, 1.54) is 17.5 Å². The molecule has 1 aliphatic heterocycles. The van der Waals surface area contributed by atoms with Gasteiger partial charge in [-0.1, -0.05) is 13.0 Å². The molecular weight excluding hydrogens is 324 g/mol. The van der Waals surface area contributed by atoms with Crippen molar-refractivity contribution in [1.29, 1.82) is 0 Å². The largest absolute Gasteiger partial charge is 0.481 e. The normalized spacial score (nSPS) is 22.5. The van der Waals surface area contributed by atoms with Gasteiger partial charge in [-0.25, -0.2) is 0 Å². The van der Waals surface area contributed by atoms with Crippen molar-refractivity contribution >= 4 is 5.91 Å². The van der Waals surface area contributed by atoms with E-state index in [1.54, 1.807) is 0 Å². The molecule has 4 heteroatoms. The molecule has 1 fully saturated rings. The fourth-order valence-electron chi connectivity index (χ4n) is 4.83. The minimum atomic E-state index is -0.435. The van der Waals surface area contributed by atoms with E-state index in [9.17, 15) is 4.79 Å². The second kappa shape index (κ2) is 7.22. The highest BCUT2D eigenvalue weighted by molar-refractivity contribution is 5.81. The second-order valence-corrected chi connectivity index (χ2v) is 9.31. The summed E-state index contributed by atoms with van der Waals surface area (Å²) in [5, 5.41) is 6.91. The van der Waals surface area contributed by atoms with Gasteiger partial charge in [0.15, 0.2) is 6.10 Å². The summed E-state index contributed by atoms with van der Waals surface area (Å²) in [4.78, 5) is 12.8. The average Bonchev–Trinajstić information content (AvgIpc) is 2.96. The third-order valence-corrected chi connectivity index (χ3v) is 5.55. The van der Waals surface area contributed by atoms with E-state index in [2.05, 4.69) is 50.5 Å². The summed E-state index contributed by atoms with van der Waals surface area (Å²) in [5.41, 5.74) is 2.83. The van der Waals surface area contributed by atoms with E-state index in [1.807, 2.05) is 13.0 Å². The van der Waals surface area contributed by atoms with Crippen molar-refractivity contribution in [2.45, 2.75) is 96.4 Å². The van der Waals surface area contributed by atoms with Crippen LogP contribution >= 0.6 is 0 Å². The molecule has 1 atom stereocenters. The van der Waals surface area contributed by atoms with Crippen molar-refractivity contribution in [3.05, 3.63) is 29.3 Å². The molecule has 0 aromatic heterocycles. The maximum Gasteiger partial charge on any atom is 0.261 e. The van der Waals surface area contributed by atoms with Crippen LogP contribution in [0.3, 0.4) is 0 Å². The average molecular weight is 359 g/mol. The first-order valence-electron chi connectivity index (χ1n) is 10.1. The topological polar surface area (TPSA) is 50.4 Å². The van der Waals surface area contributed by atoms with E-state index in [4.69, 9.17) is 4.74 Å². The Bertz CT molecular complexity index is 650. The van der Waals surface area contributed by atoms with Crippen LogP contribution in [0.5, 0.6) is 5.75 Å². The number of benzene rings is 1. The van der Waals surface area contributed by atoms with Gasteiger partial charge in [-0.2, -0.15) is 0 Å². The molecule has 144 valence electrons. The molecule has 1 aromatic carbocycles. The van der Waals surface area contributed by atoms with Gasteiger partial charge in [0.05, 0.1) is 0 Å². The minimum absolute atomic E-state index is 0.00602. The van der Waals surface area contributed by atoms with Crippen LogP contribution in [-0.4, -0.2) is 29.1 Å². The number of piperidine rings is 1. The van der Waals surface area contributed by atoms with Gasteiger partial charge in [0, 0.05) is 17.1 Å². The van der Waals surface area contributed by atoms with Crippen molar-refractivity contribution in [3.63, 3.8) is 0 Å². The SMILES string of the molecule is CCC(Oc1ccc2c(c1)CCC2)C(=O)NC1CC(C)(C)NC(C)(C)C1. The summed E-state index contributed by atoms with van der Waals surface area (Å²) in [5.74, 6) is 0.824. The first-order chi connectivity index (χ1) is 12.2. The second-order valence-electron chi connectivity index (χ2n) is 9.31. The number of rotatable bonds is 5. The Balaban J connectivity index is 1.63. The molecule has 0 saturated carbocycles. The molecule has 4 nitrogen and oxygen atoms in total. The fourth-order valence-corrected chi connectivity index (χ4v) is 4.83. The maximum absolute atomic E-state index is 12.8. The highest BCUT2D eigenvalue weighted by Crippen LogP contribution is 2.29. The standard InChI is InChI=1S/C22H34N2O2/c1-6-19(26-18-11-10-15-8-7-9-16(15)12-18)20(25)23-17-13-21(2,3)24-22(4,5)14-17/h10-12,17,19,24H,6-9,13-14H2,1-5H3,(H,23,25).